The number of hydrogen-bond donors (Lipinski definition) is 4. The highest BCUT2D eigenvalue weighted by Crippen LogP contribution is 2.30. The van der Waals surface area contributed by atoms with Gasteiger partial charge in [-0.05, 0) is 49.2 Å². The monoisotopic (exact) mass is 316 g/mol. The zero-order valence-electron chi connectivity index (χ0n) is 13.6. The Morgan fingerprint density at radius 2 is 1.09 bits per heavy atom. The number of ether oxygens (including phenoxy) is 2. The Balaban J connectivity index is 1.85. The average molecular weight is 316 g/mol. The van der Waals surface area contributed by atoms with Crippen molar-refractivity contribution in [1.82, 2.24) is 0 Å². The van der Waals surface area contributed by atoms with Gasteiger partial charge >= 0.3 is 0 Å². The zero-order chi connectivity index (χ0) is 17.0. The fraction of sp³-hybridized carbons (Fsp3) is 0.294. The van der Waals surface area contributed by atoms with E-state index in [0.29, 0.717) is 53.9 Å². The lowest BCUT2D eigenvalue weighted by Crippen LogP contribution is -2.09. The van der Waals surface area contributed by atoms with Gasteiger partial charge < -0.3 is 32.4 Å². The van der Waals surface area contributed by atoms with E-state index in [-0.39, 0.29) is 0 Å². The van der Waals surface area contributed by atoms with Crippen molar-refractivity contribution in [3.63, 3.8) is 0 Å². The van der Waals surface area contributed by atoms with Gasteiger partial charge in [0.25, 0.3) is 0 Å². The van der Waals surface area contributed by atoms with Crippen molar-refractivity contribution in [3.05, 3.63) is 35.4 Å². The van der Waals surface area contributed by atoms with E-state index < -0.39 is 0 Å². The molecule has 0 saturated heterocycles. The number of aryl methyl sites for hydroxylation is 2. The second-order valence-electron chi connectivity index (χ2n) is 5.56. The molecule has 0 aliphatic heterocycles. The summed E-state index contributed by atoms with van der Waals surface area (Å²) in [6, 6.07) is 7.05. The maximum Gasteiger partial charge on any atom is 0.145 e. The zero-order valence-corrected chi connectivity index (χ0v) is 13.6. The van der Waals surface area contributed by atoms with Crippen LogP contribution in [0.3, 0.4) is 0 Å². The Morgan fingerprint density at radius 3 is 1.43 bits per heavy atom. The minimum absolute atomic E-state index is 0.489. The first-order chi connectivity index (χ1) is 10.9. The van der Waals surface area contributed by atoms with E-state index in [0.717, 1.165) is 11.1 Å². The predicted octanol–water partition coefficient (Wildman–Crippen LogP) is 2.48. The van der Waals surface area contributed by atoms with Crippen LogP contribution in [-0.2, 0) is 0 Å². The first kappa shape index (κ1) is 16.6. The van der Waals surface area contributed by atoms with E-state index >= 15 is 0 Å². The Bertz CT molecular complexity index is 595. The smallest absolute Gasteiger partial charge is 0.145 e. The van der Waals surface area contributed by atoms with Gasteiger partial charge in [-0.15, -0.1) is 0 Å². The molecule has 0 aliphatic carbocycles. The summed E-state index contributed by atoms with van der Waals surface area (Å²) < 4.78 is 11.5. The third-order valence-corrected chi connectivity index (χ3v) is 3.43. The van der Waals surface area contributed by atoms with Crippen molar-refractivity contribution >= 4 is 22.7 Å². The van der Waals surface area contributed by atoms with E-state index in [2.05, 4.69) is 0 Å². The molecule has 0 radical (unpaired) electrons. The highest BCUT2D eigenvalue weighted by molar-refractivity contribution is 5.65. The van der Waals surface area contributed by atoms with Gasteiger partial charge in [-0.25, -0.2) is 0 Å². The van der Waals surface area contributed by atoms with Crippen LogP contribution >= 0.6 is 0 Å². The molecular weight excluding hydrogens is 292 g/mol. The van der Waals surface area contributed by atoms with Gasteiger partial charge in [-0.3, -0.25) is 0 Å². The van der Waals surface area contributed by atoms with E-state index in [1.54, 1.807) is 12.1 Å². The van der Waals surface area contributed by atoms with Gasteiger partial charge in [0.15, 0.2) is 0 Å². The molecule has 124 valence electrons. The Kier molecular flexibility index (Phi) is 5.05. The molecule has 6 nitrogen and oxygen atoms in total. The SMILES string of the molecule is Cc1cc(N)cc(N)c1OCCCOc1c(C)cc(N)cc1N. The van der Waals surface area contributed by atoms with Gasteiger partial charge in [0.2, 0.25) is 0 Å². The van der Waals surface area contributed by atoms with Crippen LogP contribution in [0.5, 0.6) is 11.5 Å². The number of benzene rings is 2. The Labute approximate surface area is 136 Å². The van der Waals surface area contributed by atoms with Crippen molar-refractivity contribution in [2.75, 3.05) is 36.1 Å². The lowest BCUT2D eigenvalue weighted by atomic mass is 10.1. The van der Waals surface area contributed by atoms with E-state index in [4.69, 9.17) is 32.4 Å². The molecule has 0 aromatic heterocycles. The number of anilines is 4. The predicted molar refractivity (Wildman–Crippen MR) is 95.6 cm³/mol. The van der Waals surface area contributed by atoms with Crippen molar-refractivity contribution in [2.45, 2.75) is 20.3 Å². The summed E-state index contributed by atoms with van der Waals surface area (Å²) in [6.07, 6.45) is 0.701. The summed E-state index contributed by atoms with van der Waals surface area (Å²) in [4.78, 5) is 0. The maximum absolute atomic E-state index is 5.92. The lowest BCUT2D eigenvalue weighted by molar-refractivity contribution is 0.247. The molecule has 8 N–H and O–H groups in total. The molecule has 0 fully saturated rings. The second kappa shape index (κ2) is 7.00. The lowest BCUT2D eigenvalue weighted by Gasteiger charge is -2.14. The molecule has 2 rings (SSSR count). The molecular formula is C17H24N4O2. The standard InChI is InChI=1S/C17H24N4O2/c1-10-6-12(18)8-14(20)16(10)22-4-3-5-23-17-11(2)7-13(19)9-15(17)21/h6-9H,3-5,18-21H2,1-2H3. The van der Waals surface area contributed by atoms with Crippen LogP contribution in [0.15, 0.2) is 24.3 Å². The molecule has 6 heteroatoms. The number of rotatable bonds is 6. The maximum atomic E-state index is 5.92. The van der Waals surface area contributed by atoms with Crippen LogP contribution in [0.4, 0.5) is 22.7 Å². The summed E-state index contributed by atoms with van der Waals surface area (Å²) in [5.41, 5.74) is 27.5. The Hall–Kier alpha value is -2.76. The minimum atomic E-state index is 0.489. The molecule has 0 heterocycles. The second-order valence-corrected chi connectivity index (χ2v) is 5.56. The molecule has 0 unspecified atom stereocenters. The van der Waals surface area contributed by atoms with E-state index in [1.807, 2.05) is 26.0 Å². The molecule has 2 aromatic rings. The molecule has 0 saturated carbocycles. The third-order valence-electron chi connectivity index (χ3n) is 3.43. The van der Waals surface area contributed by atoms with Crippen molar-refractivity contribution in [2.24, 2.45) is 0 Å². The van der Waals surface area contributed by atoms with E-state index in [1.165, 1.54) is 0 Å². The minimum Gasteiger partial charge on any atom is -0.491 e. The summed E-state index contributed by atoms with van der Waals surface area (Å²) in [5, 5.41) is 0. The topological polar surface area (TPSA) is 123 Å². The first-order valence-electron chi connectivity index (χ1n) is 7.45. The van der Waals surface area contributed by atoms with Gasteiger partial charge in [0, 0.05) is 17.8 Å². The quantitative estimate of drug-likeness (QED) is 0.479. The van der Waals surface area contributed by atoms with Crippen LogP contribution in [0.25, 0.3) is 0 Å². The van der Waals surface area contributed by atoms with Gasteiger partial charge in [-0.1, -0.05) is 0 Å². The molecule has 2 aromatic carbocycles. The van der Waals surface area contributed by atoms with Crippen molar-refractivity contribution in [1.29, 1.82) is 0 Å². The Morgan fingerprint density at radius 1 is 0.696 bits per heavy atom. The number of nitrogen functional groups attached to an aromatic ring is 4. The molecule has 0 aliphatic rings. The largest absolute Gasteiger partial charge is 0.491 e. The number of nitrogens with two attached hydrogens (primary N) is 4. The molecule has 0 atom stereocenters. The van der Waals surface area contributed by atoms with Crippen molar-refractivity contribution in [3.8, 4) is 11.5 Å². The average Bonchev–Trinajstić information content (AvgIpc) is 2.42. The highest BCUT2D eigenvalue weighted by atomic mass is 16.5. The summed E-state index contributed by atoms with van der Waals surface area (Å²) >= 11 is 0. The summed E-state index contributed by atoms with van der Waals surface area (Å²) in [6.45, 7) is 4.81. The normalized spacial score (nSPS) is 10.5. The molecule has 23 heavy (non-hydrogen) atoms. The van der Waals surface area contributed by atoms with Crippen molar-refractivity contribution < 1.29 is 9.47 Å². The molecule has 0 bridgehead atoms. The van der Waals surface area contributed by atoms with Crippen LogP contribution in [0.2, 0.25) is 0 Å². The summed E-state index contributed by atoms with van der Waals surface area (Å²) in [5.74, 6) is 1.34. The van der Waals surface area contributed by atoms with Crippen LogP contribution < -0.4 is 32.4 Å². The van der Waals surface area contributed by atoms with E-state index in [9.17, 15) is 0 Å². The van der Waals surface area contributed by atoms with Gasteiger partial charge in [0.05, 0.1) is 24.6 Å². The molecule has 0 amide bonds. The highest BCUT2D eigenvalue weighted by Gasteiger charge is 2.08. The van der Waals surface area contributed by atoms with Gasteiger partial charge in [-0.2, -0.15) is 0 Å². The third kappa shape index (κ3) is 4.12. The van der Waals surface area contributed by atoms with Gasteiger partial charge in [0.1, 0.15) is 11.5 Å². The fourth-order valence-corrected chi connectivity index (χ4v) is 2.46. The molecule has 0 spiro atoms. The summed E-state index contributed by atoms with van der Waals surface area (Å²) in [7, 11) is 0. The van der Waals surface area contributed by atoms with Crippen LogP contribution in [-0.4, -0.2) is 13.2 Å². The first-order valence-corrected chi connectivity index (χ1v) is 7.45. The van der Waals surface area contributed by atoms with Crippen LogP contribution in [0, 0.1) is 13.8 Å². The number of hydrogen-bond acceptors (Lipinski definition) is 6. The fourth-order valence-electron chi connectivity index (χ4n) is 2.46. The van der Waals surface area contributed by atoms with Crippen LogP contribution in [0.1, 0.15) is 17.5 Å².